The van der Waals surface area contributed by atoms with E-state index in [0.29, 0.717) is 17.5 Å². The predicted molar refractivity (Wildman–Crippen MR) is 62.5 cm³/mol. The van der Waals surface area contributed by atoms with Crippen LogP contribution in [0.25, 0.3) is 0 Å². The largest absolute Gasteiger partial charge is 0.313 e. The highest BCUT2D eigenvalue weighted by molar-refractivity contribution is 4.96. The monoisotopic (exact) mass is 198 g/mol. The molecule has 1 rings (SSSR count). The molecule has 0 saturated heterocycles. The first-order chi connectivity index (χ1) is 6.42. The summed E-state index contributed by atoms with van der Waals surface area (Å²) in [6.07, 6.45) is 1.39. The molecule has 14 heavy (non-hydrogen) atoms. The van der Waals surface area contributed by atoms with Gasteiger partial charge in [0.2, 0.25) is 0 Å². The lowest BCUT2D eigenvalue weighted by Crippen LogP contribution is -2.40. The molecule has 1 fully saturated rings. The molecule has 2 unspecified atom stereocenters. The number of nitrogens with one attached hydrogen (secondary N) is 2. The van der Waals surface area contributed by atoms with Crippen molar-refractivity contribution in [2.75, 3.05) is 13.1 Å². The SMILES string of the molecule is CC(C)NCC(C)NCC1CC1(C)C. The maximum atomic E-state index is 3.59. The van der Waals surface area contributed by atoms with E-state index in [0.717, 1.165) is 12.5 Å². The van der Waals surface area contributed by atoms with Gasteiger partial charge in [0.25, 0.3) is 0 Å². The molecule has 0 amide bonds. The van der Waals surface area contributed by atoms with Crippen molar-refractivity contribution in [3.05, 3.63) is 0 Å². The topological polar surface area (TPSA) is 24.1 Å². The summed E-state index contributed by atoms with van der Waals surface area (Å²) in [6, 6.07) is 1.19. The van der Waals surface area contributed by atoms with Gasteiger partial charge in [0.15, 0.2) is 0 Å². The Kier molecular flexibility index (Phi) is 3.96. The van der Waals surface area contributed by atoms with E-state index in [1.54, 1.807) is 0 Å². The zero-order valence-corrected chi connectivity index (χ0v) is 10.4. The lowest BCUT2D eigenvalue weighted by Gasteiger charge is -2.17. The molecular weight excluding hydrogens is 172 g/mol. The summed E-state index contributed by atoms with van der Waals surface area (Å²) in [5, 5.41) is 7.04. The molecule has 2 atom stereocenters. The van der Waals surface area contributed by atoms with E-state index in [1.807, 2.05) is 0 Å². The van der Waals surface area contributed by atoms with Crippen LogP contribution in [0.3, 0.4) is 0 Å². The van der Waals surface area contributed by atoms with Crippen LogP contribution in [0.2, 0.25) is 0 Å². The molecule has 1 aliphatic carbocycles. The van der Waals surface area contributed by atoms with Gasteiger partial charge in [0.1, 0.15) is 0 Å². The van der Waals surface area contributed by atoms with Crippen LogP contribution < -0.4 is 10.6 Å². The minimum Gasteiger partial charge on any atom is -0.313 e. The first-order valence-electron chi connectivity index (χ1n) is 5.88. The molecule has 0 aromatic heterocycles. The van der Waals surface area contributed by atoms with Gasteiger partial charge in [0.05, 0.1) is 0 Å². The summed E-state index contributed by atoms with van der Waals surface area (Å²) >= 11 is 0. The van der Waals surface area contributed by atoms with E-state index in [4.69, 9.17) is 0 Å². The van der Waals surface area contributed by atoms with Gasteiger partial charge in [-0.3, -0.25) is 0 Å². The maximum absolute atomic E-state index is 3.59. The van der Waals surface area contributed by atoms with Crippen LogP contribution >= 0.6 is 0 Å². The summed E-state index contributed by atoms with van der Waals surface area (Å²) in [7, 11) is 0. The third-order valence-electron chi connectivity index (χ3n) is 3.26. The lowest BCUT2D eigenvalue weighted by molar-refractivity contribution is 0.443. The molecule has 2 N–H and O–H groups in total. The molecule has 2 nitrogen and oxygen atoms in total. The number of rotatable bonds is 6. The third-order valence-corrected chi connectivity index (χ3v) is 3.26. The maximum Gasteiger partial charge on any atom is 0.0164 e. The quantitative estimate of drug-likeness (QED) is 0.682. The van der Waals surface area contributed by atoms with Crippen LogP contribution in [-0.4, -0.2) is 25.2 Å². The van der Waals surface area contributed by atoms with Gasteiger partial charge in [-0.25, -0.2) is 0 Å². The molecule has 0 spiro atoms. The molecule has 84 valence electrons. The average Bonchev–Trinajstić information content (AvgIpc) is 2.67. The van der Waals surface area contributed by atoms with Crippen molar-refractivity contribution in [1.82, 2.24) is 10.6 Å². The van der Waals surface area contributed by atoms with Gasteiger partial charge in [-0.1, -0.05) is 27.7 Å². The zero-order chi connectivity index (χ0) is 10.8. The number of hydrogen-bond donors (Lipinski definition) is 2. The summed E-state index contributed by atoms with van der Waals surface area (Å²) in [5.41, 5.74) is 0.609. The number of hydrogen-bond acceptors (Lipinski definition) is 2. The summed E-state index contributed by atoms with van der Waals surface area (Å²) in [4.78, 5) is 0. The molecular formula is C12H26N2. The molecule has 0 aromatic rings. The summed E-state index contributed by atoms with van der Waals surface area (Å²) in [6.45, 7) is 13.6. The Hall–Kier alpha value is -0.0800. The van der Waals surface area contributed by atoms with Gasteiger partial charge in [-0.2, -0.15) is 0 Å². The Balaban J connectivity index is 2.02. The van der Waals surface area contributed by atoms with Crippen LogP contribution in [0.5, 0.6) is 0 Å². The second-order valence-electron chi connectivity index (χ2n) is 5.76. The van der Waals surface area contributed by atoms with Crippen molar-refractivity contribution in [3.63, 3.8) is 0 Å². The van der Waals surface area contributed by atoms with E-state index in [-0.39, 0.29) is 0 Å². The van der Waals surface area contributed by atoms with Crippen LogP contribution in [0.4, 0.5) is 0 Å². The average molecular weight is 198 g/mol. The highest BCUT2D eigenvalue weighted by Gasteiger charge is 2.44. The van der Waals surface area contributed by atoms with Crippen molar-refractivity contribution in [3.8, 4) is 0 Å². The van der Waals surface area contributed by atoms with Gasteiger partial charge >= 0.3 is 0 Å². The van der Waals surface area contributed by atoms with Gasteiger partial charge < -0.3 is 10.6 Å². The predicted octanol–water partition coefficient (Wildman–Crippen LogP) is 2.01. The second kappa shape index (κ2) is 4.63. The van der Waals surface area contributed by atoms with Crippen molar-refractivity contribution in [1.29, 1.82) is 0 Å². The molecule has 0 aliphatic heterocycles. The van der Waals surface area contributed by atoms with E-state index < -0.39 is 0 Å². The Morgan fingerprint density at radius 3 is 2.21 bits per heavy atom. The minimum absolute atomic E-state index is 0.591. The molecule has 0 aromatic carbocycles. The van der Waals surface area contributed by atoms with E-state index in [9.17, 15) is 0 Å². The first kappa shape index (κ1) is 12.0. The van der Waals surface area contributed by atoms with Crippen LogP contribution in [0, 0.1) is 11.3 Å². The van der Waals surface area contributed by atoms with Crippen molar-refractivity contribution < 1.29 is 0 Å². The van der Waals surface area contributed by atoms with Crippen LogP contribution in [0.15, 0.2) is 0 Å². The second-order valence-corrected chi connectivity index (χ2v) is 5.76. The van der Waals surface area contributed by atoms with Crippen LogP contribution in [-0.2, 0) is 0 Å². The Labute approximate surface area is 88.8 Å². The van der Waals surface area contributed by atoms with Gasteiger partial charge in [-0.15, -0.1) is 0 Å². The fraction of sp³-hybridized carbons (Fsp3) is 1.00. The van der Waals surface area contributed by atoms with Crippen LogP contribution in [0.1, 0.15) is 41.0 Å². The lowest BCUT2D eigenvalue weighted by atomic mass is 10.1. The normalized spacial score (nSPS) is 26.6. The summed E-state index contributed by atoms with van der Waals surface area (Å²) in [5.74, 6) is 0.906. The molecule has 0 heterocycles. The molecule has 1 saturated carbocycles. The first-order valence-corrected chi connectivity index (χ1v) is 5.88. The molecule has 2 heteroatoms. The molecule has 1 aliphatic rings. The smallest absolute Gasteiger partial charge is 0.0164 e. The van der Waals surface area contributed by atoms with Crippen molar-refractivity contribution in [2.45, 2.75) is 53.1 Å². The molecule has 0 radical (unpaired) electrons. The van der Waals surface area contributed by atoms with Crippen molar-refractivity contribution in [2.24, 2.45) is 11.3 Å². The van der Waals surface area contributed by atoms with Gasteiger partial charge in [0, 0.05) is 18.6 Å². The highest BCUT2D eigenvalue weighted by atomic mass is 15.0. The Morgan fingerprint density at radius 1 is 1.21 bits per heavy atom. The fourth-order valence-electron chi connectivity index (χ4n) is 1.75. The Bertz CT molecular complexity index is 175. The Morgan fingerprint density at radius 2 is 1.79 bits per heavy atom. The standard InChI is InChI=1S/C12H26N2/c1-9(2)13-7-10(3)14-8-11-6-12(11,4)5/h9-11,13-14H,6-8H2,1-5H3. The van der Waals surface area contributed by atoms with Gasteiger partial charge in [-0.05, 0) is 31.2 Å². The van der Waals surface area contributed by atoms with E-state index in [1.165, 1.54) is 13.0 Å². The fourth-order valence-corrected chi connectivity index (χ4v) is 1.75. The van der Waals surface area contributed by atoms with Crippen molar-refractivity contribution >= 4 is 0 Å². The summed E-state index contributed by atoms with van der Waals surface area (Å²) < 4.78 is 0. The highest BCUT2D eigenvalue weighted by Crippen LogP contribution is 2.50. The van der Waals surface area contributed by atoms with E-state index >= 15 is 0 Å². The molecule has 0 bridgehead atoms. The van der Waals surface area contributed by atoms with E-state index in [2.05, 4.69) is 45.3 Å². The third kappa shape index (κ3) is 3.97. The minimum atomic E-state index is 0.591. The zero-order valence-electron chi connectivity index (χ0n) is 10.4.